The number of benzene rings is 6. The molecule has 13 nitrogen and oxygen atoms in total. The van der Waals surface area contributed by atoms with E-state index in [4.69, 9.17) is 0 Å². The van der Waals surface area contributed by atoms with E-state index in [0.29, 0.717) is 45.0 Å². The summed E-state index contributed by atoms with van der Waals surface area (Å²) in [7, 11) is 6.32. The van der Waals surface area contributed by atoms with Gasteiger partial charge in [-0.25, -0.2) is 31.3 Å². The van der Waals surface area contributed by atoms with Crippen molar-refractivity contribution in [3.63, 3.8) is 0 Å². The van der Waals surface area contributed by atoms with Gasteiger partial charge in [0.1, 0.15) is 11.4 Å². The number of hydrogen-bond donors (Lipinski definition) is 6. The maximum absolute atomic E-state index is 16.1. The van der Waals surface area contributed by atoms with Crippen molar-refractivity contribution >= 4 is 40.5 Å². The molecule has 0 spiro atoms. The maximum Gasteiger partial charge on any atom is 0.356 e. The third-order valence-electron chi connectivity index (χ3n) is 11.0. The van der Waals surface area contributed by atoms with Crippen LogP contribution in [0.3, 0.4) is 0 Å². The maximum atomic E-state index is 16.1. The highest BCUT2D eigenvalue weighted by molar-refractivity contribution is 6.19. The summed E-state index contributed by atoms with van der Waals surface area (Å²) in [4.78, 5) is 44.1. The van der Waals surface area contributed by atoms with Crippen LogP contribution >= 0.6 is 0 Å². The first-order valence-electron chi connectivity index (χ1n) is 20.5. The fraction of sp³-hybridized carbons (Fsp3) is 0.0784. The van der Waals surface area contributed by atoms with E-state index in [9.17, 15) is 19.8 Å². The van der Waals surface area contributed by atoms with E-state index in [0.717, 1.165) is 22.3 Å². The summed E-state index contributed by atoms with van der Waals surface area (Å²) in [6, 6.07) is 53.3. The Morgan fingerprint density at radius 2 is 0.578 bits per heavy atom. The zero-order valence-electron chi connectivity index (χ0n) is 35.6. The van der Waals surface area contributed by atoms with Gasteiger partial charge in [0.15, 0.2) is 11.4 Å². The number of carbonyl (C=O) groups is 3. The topological polar surface area (TPSA) is 153 Å². The minimum Gasteiger partial charge on any atom is -0.476 e. The van der Waals surface area contributed by atoms with E-state index in [1.54, 1.807) is 28.2 Å². The molecule has 0 amide bonds. The van der Waals surface area contributed by atoms with E-state index in [1.165, 1.54) is 20.0 Å². The lowest BCUT2D eigenvalue weighted by molar-refractivity contribution is -0.135. The molecule has 8 rings (SSSR count). The molecule has 0 aliphatic carbocycles. The molecule has 2 heterocycles. The van der Waals surface area contributed by atoms with Crippen LogP contribution in [0.1, 0.15) is 22.3 Å². The first kappa shape index (κ1) is 42.6. The Bertz CT molecular complexity index is 2670. The highest BCUT2D eigenvalue weighted by Crippen LogP contribution is 2.47. The summed E-state index contributed by atoms with van der Waals surface area (Å²) in [5, 5.41) is 28.4. The predicted molar refractivity (Wildman–Crippen MR) is 248 cm³/mol. The third-order valence-corrected chi connectivity index (χ3v) is 11.0. The van der Waals surface area contributed by atoms with Crippen molar-refractivity contribution in [3.8, 4) is 22.3 Å². The summed E-state index contributed by atoms with van der Waals surface area (Å²) in [5.74, 6) is -3.83. The molecule has 2 aliphatic rings. The SMILES string of the molecule is CNN1C(C(=O)C2=C(C(=O)O)N(NC)C(c3ccccc3-c3ccccc3)=C(c3ccccc3)N2NC)=C(C(=O)O)N(NC)C(c2ccccc2-c2ccccc2)=C1c1ccccc1. The Labute approximate surface area is 371 Å². The van der Waals surface area contributed by atoms with Crippen molar-refractivity contribution in [3.05, 3.63) is 215 Å². The number of aliphatic carboxylic acids is 2. The van der Waals surface area contributed by atoms with Gasteiger partial charge in [-0.3, -0.25) is 24.8 Å². The largest absolute Gasteiger partial charge is 0.476 e. The first-order valence-corrected chi connectivity index (χ1v) is 20.5. The second-order valence-electron chi connectivity index (χ2n) is 14.5. The number of hydrazine groups is 4. The van der Waals surface area contributed by atoms with Gasteiger partial charge >= 0.3 is 11.9 Å². The van der Waals surface area contributed by atoms with Gasteiger partial charge in [0, 0.05) is 50.4 Å². The second-order valence-corrected chi connectivity index (χ2v) is 14.5. The summed E-state index contributed by atoms with van der Waals surface area (Å²) in [5.41, 5.74) is 18.4. The minimum absolute atomic E-state index is 0.366. The van der Waals surface area contributed by atoms with Gasteiger partial charge in [-0.05, 0) is 22.3 Å². The van der Waals surface area contributed by atoms with E-state index < -0.39 is 29.1 Å². The molecule has 64 heavy (non-hydrogen) atoms. The Morgan fingerprint density at radius 1 is 0.328 bits per heavy atom. The number of ketones is 1. The number of nitrogens with one attached hydrogen (secondary N) is 4. The normalized spacial score (nSPS) is 14.4. The Hall–Kier alpha value is -8.07. The zero-order chi connectivity index (χ0) is 44.9. The molecule has 2 aliphatic heterocycles. The fourth-order valence-corrected chi connectivity index (χ4v) is 8.45. The predicted octanol–water partition coefficient (Wildman–Crippen LogP) is 7.31. The molecule has 0 fully saturated rings. The lowest BCUT2D eigenvalue weighted by atomic mass is 9.91. The lowest BCUT2D eigenvalue weighted by Crippen LogP contribution is -2.53. The van der Waals surface area contributed by atoms with Gasteiger partial charge in [-0.1, -0.05) is 170 Å². The fourth-order valence-electron chi connectivity index (χ4n) is 8.45. The van der Waals surface area contributed by atoms with Gasteiger partial charge in [-0.2, -0.15) is 0 Å². The molecule has 0 radical (unpaired) electrons. The number of hydrogen-bond acceptors (Lipinski definition) is 11. The molecule has 0 bridgehead atoms. The number of carbonyl (C=O) groups excluding carboxylic acids is 1. The monoisotopic (exact) mass is 850 g/mol. The Morgan fingerprint density at radius 3 is 0.859 bits per heavy atom. The lowest BCUT2D eigenvalue weighted by Gasteiger charge is -2.44. The molecule has 6 N–H and O–H groups in total. The van der Waals surface area contributed by atoms with Crippen LogP contribution in [-0.4, -0.2) is 76.2 Å². The van der Waals surface area contributed by atoms with Crippen molar-refractivity contribution < 1.29 is 24.6 Å². The Kier molecular flexibility index (Phi) is 12.3. The number of Topliss-reactive ketones (excluding diaryl/α,β-unsaturated/α-hetero) is 1. The van der Waals surface area contributed by atoms with Crippen LogP contribution in [0.2, 0.25) is 0 Å². The van der Waals surface area contributed by atoms with E-state index in [1.807, 2.05) is 170 Å². The van der Waals surface area contributed by atoms with Gasteiger partial charge in [0.05, 0.1) is 22.8 Å². The molecule has 320 valence electrons. The summed E-state index contributed by atoms with van der Waals surface area (Å²) in [6.07, 6.45) is 0. The van der Waals surface area contributed by atoms with Crippen LogP contribution in [0.5, 0.6) is 0 Å². The number of carboxylic acids is 2. The highest BCUT2D eigenvalue weighted by atomic mass is 16.4. The summed E-state index contributed by atoms with van der Waals surface area (Å²) < 4.78 is 0. The molecule has 0 saturated heterocycles. The zero-order valence-corrected chi connectivity index (χ0v) is 35.6. The highest BCUT2D eigenvalue weighted by Gasteiger charge is 2.47. The van der Waals surface area contributed by atoms with Crippen molar-refractivity contribution in [2.24, 2.45) is 0 Å². The van der Waals surface area contributed by atoms with Crippen molar-refractivity contribution in [2.75, 3.05) is 28.2 Å². The molecule has 0 saturated carbocycles. The summed E-state index contributed by atoms with van der Waals surface area (Å²) >= 11 is 0. The van der Waals surface area contributed by atoms with Gasteiger partial charge < -0.3 is 10.2 Å². The molecule has 6 aromatic carbocycles. The Balaban J connectivity index is 1.43. The molecule has 0 aromatic heterocycles. The number of nitrogens with zero attached hydrogens (tertiary/aromatic N) is 4. The van der Waals surface area contributed by atoms with Gasteiger partial charge in [0.2, 0.25) is 5.78 Å². The minimum atomic E-state index is -1.45. The quantitative estimate of drug-likeness (QED) is 0.0651. The average Bonchev–Trinajstić information content (AvgIpc) is 3.35. The molecular formula is C51H46N8O5. The van der Waals surface area contributed by atoms with Crippen molar-refractivity contribution in [1.82, 2.24) is 41.7 Å². The standard InChI is InChI=1S/C51H46N8O5/c1-52-56-41(35-25-13-7-14-26-35)43(39-31-19-17-29-37(39)33-21-9-5-10-22-33)58(54-3)47(50(61)62)45(56)49(60)46-48(51(63)64)59(55-4)44(42(57(46)53-2)36-27-15-8-16-28-36)40-32-20-18-30-38(40)34-23-11-6-12-24-34/h5-32,52-55H,1-4H3,(H,61,62)(H,63,64). The van der Waals surface area contributed by atoms with E-state index in [2.05, 4.69) is 21.7 Å². The smallest absolute Gasteiger partial charge is 0.356 e. The van der Waals surface area contributed by atoms with E-state index in [-0.39, 0.29) is 11.4 Å². The molecular weight excluding hydrogens is 805 g/mol. The molecule has 0 unspecified atom stereocenters. The molecule has 6 aromatic rings. The molecule has 13 heteroatoms. The van der Waals surface area contributed by atoms with E-state index >= 15 is 4.79 Å². The van der Waals surface area contributed by atoms with Crippen LogP contribution in [0.15, 0.2) is 193 Å². The van der Waals surface area contributed by atoms with Gasteiger partial charge in [-0.15, -0.1) is 0 Å². The molecule has 0 atom stereocenters. The van der Waals surface area contributed by atoms with Crippen LogP contribution in [0, 0.1) is 0 Å². The number of carboxylic acid groups (broad SMARTS) is 2. The van der Waals surface area contributed by atoms with Crippen LogP contribution in [0.25, 0.3) is 45.0 Å². The first-order chi connectivity index (χ1) is 31.2. The summed E-state index contributed by atoms with van der Waals surface area (Å²) in [6.45, 7) is 0. The van der Waals surface area contributed by atoms with Crippen LogP contribution in [0.4, 0.5) is 0 Å². The van der Waals surface area contributed by atoms with Crippen molar-refractivity contribution in [2.45, 2.75) is 0 Å². The second kappa shape index (κ2) is 18.5. The van der Waals surface area contributed by atoms with Crippen LogP contribution < -0.4 is 21.7 Å². The van der Waals surface area contributed by atoms with Crippen molar-refractivity contribution in [1.29, 1.82) is 0 Å². The number of rotatable bonds is 14. The van der Waals surface area contributed by atoms with Gasteiger partial charge in [0.25, 0.3) is 0 Å². The van der Waals surface area contributed by atoms with Crippen LogP contribution in [-0.2, 0) is 14.4 Å². The average molecular weight is 851 g/mol. The third kappa shape index (κ3) is 7.50.